The van der Waals surface area contributed by atoms with E-state index >= 15 is 0 Å². The molecule has 14 heavy (non-hydrogen) atoms. The summed E-state index contributed by atoms with van der Waals surface area (Å²) in [4.78, 5) is 0. The average Bonchev–Trinajstić information content (AvgIpc) is 2.26. The third kappa shape index (κ3) is 1.92. The highest BCUT2D eigenvalue weighted by Crippen LogP contribution is 2.30. The van der Waals surface area contributed by atoms with Crippen LogP contribution < -0.4 is 5.32 Å². The van der Waals surface area contributed by atoms with Gasteiger partial charge in [0.15, 0.2) is 0 Å². The van der Waals surface area contributed by atoms with Gasteiger partial charge >= 0.3 is 0 Å². The molecule has 0 aromatic heterocycles. The van der Waals surface area contributed by atoms with Crippen molar-refractivity contribution in [2.24, 2.45) is 5.41 Å². The van der Waals surface area contributed by atoms with E-state index in [2.05, 4.69) is 44.3 Å². The molecule has 0 saturated carbocycles. The van der Waals surface area contributed by atoms with Gasteiger partial charge in [0.1, 0.15) is 0 Å². The van der Waals surface area contributed by atoms with Crippen molar-refractivity contribution in [3.8, 4) is 0 Å². The summed E-state index contributed by atoms with van der Waals surface area (Å²) in [6.07, 6.45) is 2.48. The Labute approximate surface area is 86.5 Å². The molecule has 0 fully saturated rings. The van der Waals surface area contributed by atoms with Crippen molar-refractivity contribution in [2.45, 2.75) is 33.6 Å². The first kappa shape index (κ1) is 9.57. The first-order chi connectivity index (χ1) is 6.57. The first-order valence-electron chi connectivity index (χ1n) is 5.40. The van der Waals surface area contributed by atoms with E-state index in [4.69, 9.17) is 0 Å². The van der Waals surface area contributed by atoms with Gasteiger partial charge in [0, 0.05) is 12.2 Å². The number of nitrogens with one attached hydrogen (secondary N) is 1. The molecule has 1 N–H and O–H groups in total. The summed E-state index contributed by atoms with van der Waals surface area (Å²) in [6.45, 7) is 7.90. The summed E-state index contributed by atoms with van der Waals surface area (Å²) in [7, 11) is 0. The van der Waals surface area contributed by atoms with E-state index in [-0.39, 0.29) is 0 Å². The van der Waals surface area contributed by atoms with E-state index in [1.54, 1.807) is 0 Å². The van der Waals surface area contributed by atoms with E-state index in [1.165, 1.54) is 29.7 Å². The molecule has 1 aromatic rings. The number of anilines is 1. The maximum Gasteiger partial charge on any atom is 0.0375 e. The zero-order valence-corrected chi connectivity index (χ0v) is 9.35. The second-order valence-corrected chi connectivity index (χ2v) is 5.18. The molecule has 1 nitrogen and oxygen atoms in total. The minimum atomic E-state index is 0.424. The molecule has 1 aliphatic rings. The van der Waals surface area contributed by atoms with Crippen LogP contribution in [0.4, 0.5) is 5.69 Å². The second-order valence-electron chi connectivity index (χ2n) is 5.18. The summed E-state index contributed by atoms with van der Waals surface area (Å²) in [5, 5.41) is 3.56. The molecule has 0 radical (unpaired) electrons. The van der Waals surface area contributed by atoms with Crippen LogP contribution in [0.3, 0.4) is 0 Å². The fourth-order valence-electron chi connectivity index (χ4n) is 1.97. The van der Waals surface area contributed by atoms with Gasteiger partial charge in [-0.1, -0.05) is 26.0 Å². The number of aryl methyl sites for hydroxylation is 2. The van der Waals surface area contributed by atoms with E-state index in [0.29, 0.717) is 5.41 Å². The molecule has 0 spiro atoms. The summed E-state index contributed by atoms with van der Waals surface area (Å²) >= 11 is 0. The second kappa shape index (κ2) is 3.30. The molecule has 0 saturated heterocycles. The highest BCUT2D eigenvalue weighted by molar-refractivity contribution is 5.54. The number of hydrogen-bond acceptors (Lipinski definition) is 1. The zero-order chi connectivity index (χ0) is 10.2. The van der Waals surface area contributed by atoms with Gasteiger partial charge in [0.05, 0.1) is 0 Å². The van der Waals surface area contributed by atoms with Crippen LogP contribution in [-0.4, -0.2) is 6.54 Å². The molecular formula is C13H19N. The lowest BCUT2D eigenvalue weighted by molar-refractivity contribution is 0.365. The van der Waals surface area contributed by atoms with Gasteiger partial charge in [-0.2, -0.15) is 0 Å². The van der Waals surface area contributed by atoms with Crippen LogP contribution in [0.5, 0.6) is 0 Å². The average molecular weight is 189 g/mol. The third-order valence-electron chi connectivity index (χ3n) is 3.09. The molecule has 0 atom stereocenters. The van der Waals surface area contributed by atoms with E-state index in [9.17, 15) is 0 Å². The number of rotatable bonds is 0. The van der Waals surface area contributed by atoms with Crippen LogP contribution in [0.15, 0.2) is 18.2 Å². The van der Waals surface area contributed by atoms with Gasteiger partial charge < -0.3 is 5.32 Å². The highest BCUT2D eigenvalue weighted by Gasteiger charge is 2.21. The molecule has 1 aliphatic heterocycles. The molecule has 1 heterocycles. The van der Waals surface area contributed by atoms with Crippen LogP contribution in [0.2, 0.25) is 0 Å². The lowest BCUT2D eigenvalue weighted by atomic mass is 9.87. The van der Waals surface area contributed by atoms with Gasteiger partial charge in [0.2, 0.25) is 0 Å². The predicted octanol–water partition coefficient (Wildman–Crippen LogP) is 3.38. The quantitative estimate of drug-likeness (QED) is 0.659. The van der Waals surface area contributed by atoms with Crippen LogP contribution in [0, 0.1) is 12.3 Å². The van der Waals surface area contributed by atoms with Crippen molar-refractivity contribution in [2.75, 3.05) is 11.9 Å². The van der Waals surface area contributed by atoms with E-state index < -0.39 is 0 Å². The Morgan fingerprint density at radius 3 is 2.86 bits per heavy atom. The summed E-state index contributed by atoms with van der Waals surface area (Å²) < 4.78 is 0. The van der Waals surface area contributed by atoms with Gasteiger partial charge in [-0.3, -0.25) is 0 Å². The lowest BCUT2D eigenvalue weighted by Crippen LogP contribution is -2.21. The van der Waals surface area contributed by atoms with Gasteiger partial charge in [-0.25, -0.2) is 0 Å². The normalized spacial score (nSPS) is 19.4. The Kier molecular flexibility index (Phi) is 2.26. The monoisotopic (exact) mass is 189 g/mol. The highest BCUT2D eigenvalue weighted by atomic mass is 14.9. The van der Waals surface area contributed by atoms with Crippen LogP contribution in [-0.2, 0) is 6.42 Å². The topological polar surface area (TPSA) is 12.0 Å². The van der Waals surface area contributed by atoms with Crippen molar-refractivity contribution in [3.05, 3.63) is 29.3 Å². The summed E-state index contributed by atoms with van der Waals surface area (Å²) in [5.74, 6) is 0. The third-order valence-corrected chi connectivity index (χ3v) is 3.09. The van der Waals surface area contributed by atoms with Gasteiger partial charge in [-0.05, 0) is 42.4 Å². The minimum absolute atomic E-state index is 0.424. The molecular weight excluding hydrogens is 170 g/mol. The van der Waals surface area contributed by atoms with E-state index in [1.807, 2.05) is 0 Å². The molecule has 0 aliphatic carbocycles. The van der Waals surface area contributed by atoms with E-state index in [0.717, 1.165) is 6.54 Å². The van der Waals surface area contributed by atoms with Crippen LogP contribution in [0.25, 0.3) is 0 Å². The van der Waals surface area contributed by atoms with Crippen molar-refractivity contribution >= 4 is 5.69 Å². The Bertz CT molecular complexity index is 339. The fourth-order valence-corrected chi connectivity index (χ4v) is 1.97. The molecule has 0 amide bonds. The Morgan fingerprint density at radius 2 is 2.07 bits per heavy atom. The van der Waals surface area contributed by atoms with Gasteiger partial charge in [0.25, 0.3) is 0 Å². The van der Waals surface area contributed by atoms with Crippen LogP contribution >= 0.6 is 0 Å². The lowest BCUT2D eigenvalue weighted by Gasteiger charge is -2.21. The maximum atomic E-state index is 3.56. The fraction of sp³-hybridized carbons (Fsp3) is 0.538. The maximum absolute atomic E-state index is 3.56. The number of fused-ring (bicyclic) bond motifs is 1. The largest absolute Gasteiger partial charge is 0.384 e. The number of hydrogen-bond donors (Lipinski definition) is 1. The number of benzene rings is 1. The molecule has 0 unspecified atom stereocenters. The van der Waals surface area contributed by atoms with Crippen molar-refractivity contribution in [1.29, 1.82) is 0 Å². The van der Waals surface area contributed by atoms with Crippen molar-refractivity contribution in [3.63, 3.8) is 0 Å². The van der Waals surface area contributed by atoms with Crippen molar-refractivity contribution in [1.82, 2.24) is 0 Å². The SMILES string of the molecule is Cc1ccc2c(c1)NCC(C)(C)CC2. The Hall–Kier alpha value is -0.980. The summed E-state index contributed by atoms with van der Waals surface area (Å²) in [5.41, 5.74) is 4.58. The Morgan fingerprint density at radius 1 is 1.29 bits per heavy atom. The first-order valence-corrected chi connectivity index (χ1v) is 5.40. The van der Waals surface area contributed by atoms with Gasteiger partial charge in [-0.15, -0.1) is 0 Å². The molecule has 76 valence electrons. The minimum Gasteiger partial charge on any atom is -0.384 e. The Balaban J connectivity index is 2.30. The molecule has 1 aromatic carbocycles. The van der Waals surface area contributed by atoms with Crippen LogP contribution in [0.1, 0.15) is 31.4 Å². The molecule has 2 rings (SSSR count). The molecule has 0 bridgehead atoms. The summed E-state index contributed by atoms with van der Waals surface area (Å²) in [6, 6.07) is 6.73. The predicted molar refractivity (Wildman–Crippen MR) is 61.8 cm³/mol. The standard InChI is InChI=1S/C13H19N/c1-10-4-5-11-6-7-13(2,3)9-14-12(11)8-10/h4-5,8,14H,6-7,9H2,1-3H3. The van der Waals surface area contributed by atoms with Crippen molar-refractivity contribution < 1.29 is 0 Å². The molecule has 1 heteroatoms. The zero-order valence-electron chi connectivity index (χ0n) is 9.35. The smallest absolute Gasteiger partial charge is 0.0375 e.